The summed E-state index contributed by atoms with van der Waals surface area (Å²) < 4.78 is 9.50. The van der Waals surface area contributed by atoms with Crippen LogP contribution in [0.25, 0.3) is 20.2 Å². The van der Waals surface area contributed by atoms with Crippen LogP contribution in [0.1, 0.15) is 105 Å². The molecule has 0 bridgehead atoms. The number of hydrogen-bond donors (Lipinski definition) is 0. The molecule has 8 aromatic rings. The van der Waals surface area contributed by atoms with Gasteiger partial charge < -0.3 is 14.5 Å². The highest BCUT2D eigenvalue weighted by Gasteiger charge is 2.44. The van der Waals surface area contributed by atoms with Gasteiger partial charge in [-0.3, -0.25) is 0 Å². The van der Waals surface area contributed by atoms with Crippen LogP contribution in [0.15, 0.2) is 140 Å². The smallest absolute Gasteiger partial charge is 0.256 e. The van der Waals surface area contributed by atoms with Crippen LogP contribution in [-0.4, -0.2) is 6.71 Å². The monoisotopic (exact) mass is 842 g/mol. The summed E-state index contributed by atoms with van der Waals surface area (Å²) in [6.45, 7) is 27.5. The topological polar surface area (TPSA) is 15.7 Å². The zero-order valence-corrected chi connectivity index (χ0v) is 39.9. The molecule has 5 heteroatoms. The van der Waals surface area contributed by atoms with E-state index in [0.717, 1.165) is 34.2 Å². The van der Waals surface area contributed by atoms with Crippen molar-refractivity contribution in [3.8, 4) is 11.5 Å². The van der Waals surface area contributed by atoms with Crippen LogP contribution in [-0.2, 0) is 21.7 Å². The van der Waals surface area contributed by atoms with Gasteiger partial charge in [-0.1, -0.05) is 156 Å². The van der Waals surface area contributed by atoms with Gasteiger partial charge in [0.05, 0.1) is 16.1 Å². The lowest BCUT2D eigenvalue weighted by Crippen LogP contribution is -2.59. The highest BCUT2D eigenvalue weighted by atomic mass is 32.1. The molecule has 0 fully saturated rings. The van der Waals surface area contributed by atoms with Gasteiger partial charge in [-0.15, -0.1) is 11.3 Å². The predicted molar refractivity (Wildman–Crippen MR) is 275 cm³/mol. The molecule has 3 heterocycles. The standard InChI is InChI=1S/C58H59BN2OS/c1-55(2,3)36-20-27-40(28-21-36)60(41-29-22-37(23-30-41)56(4,5)6)47-35-45-53(51-43-16-13-14-19-50(43)63-54(47)51)61(42-31-24-38(25-32-42)57(7,8)9)46-17-15-18-49-52(46)59(45)44-34-39(58(10,11)12)26-33-48(44)62-49/h13-35H,1-12H3. The van der Waals surface area contributed by atoms with Crippen molar-refractivity contribution in [3.63, 3.8) is 0 Å². The summed E-state index contributed by atoms with van der Waals surface area (Å²) in [6, 6.07) is 53.0. The summed E-state index contributed by atoms with van der Waals surface area (Å²) in [7, 11) is 0. The van der Waals surface area contributed by atoms with Crippen molar-refractivity contribution in [2.75, 3.05) is 9.80 Å². The van der Waals surface area contributed by atoms with Crippen molar-refractivity contribution in [2.45, 2.75) is 105 Å². The Morgan fingerprint density at radius 3 is 1.62 bits per heavy atom. The van der Waals surface area contributed by atoms with Crippen molar-refractivity contribution >= 4 is 88.7 Å². The Labute approximate surface area is 379 Å². The van der Waals surface area contributed by atoms with Gasteiger partial charge in [0.2, 0.25) is 0 Å². The van der Waals surface area contributed by atoms with Crippen molar-refractivity contribution < 1.29 is 4.74 Å². The summed E-state index contributed by atoms with van der Waals surface area (Å²) in [6.07, 6.45) is 0. The molecule has 2 aliphatic heterocycles. The number of nitrogens with zero attached hydrogens (tertiary/aromatic N) is 2. The molecular weight excluding hydrogens is 784 g/mol. The lowest BCUT2D eigenvalue weighted by atomic mass is 9.34. The zero-order valence-electron chi connectivity index (χ0n) is 39.1. The van der Waals surface area contributed by atoms with Gasteiger partial charge in [0.1, 0.15) is 11.5 Å². The molecule has 1 aromatic heterocycles. The Bertz CT molecular complexity index is 3000. The largest absolute Gasteiger partial charge is 0.458 e. The van der Waals surface area contributed by atoms with Crippen LogP contribution in [0.4, 0.5) is 34.1 Å². The molecule has 0 saturated heterocycles. The Morgan fingerprint density at radius 1 is 0.508 bits per heavy atom. The number of ether oxygens (including phenoxy) is 1. The number of anilines is 6. The van der Waals surface area contributed by atoms with Crippen molar-refractivity contribution in [1.29, 1.82) is 0 Å². The summed E-state index contributed by atoms with van der Waals surface area (Å²) in [5.41, 5.74) is 16.0. The highest BCUT2D eigenvalue weighted by molar-refractivity contribution is 7.26. The first-order chi connectivity index (χ1) is 29.8. The number of rotatable bonds is 4. The maximum Gasteiger partial charge on any atom is 0.256 e. The van der Waals surface area contributed by atoms with E-state index in [1.807, 2.05) is 11.3 Å². The first-order valence-corrected chi connectivity index (χ1v) is 23.4. The van der Waals surface area contributed by atoms with Crippen LogP contribution in [0, 0.1) is 0 Å². The third-order valence-corrected chi connectivity index (χ3v) is 14.6. The zero-order chi connectivity index (χ0) is 44.4. The summed E-state index contributed by atoms with van der Waals surface area (Å²) in [4.78, 5) is 5.07. The second-order valence-corrected chi connectivity index (χ2v) is 23.0. The first-order valence-electron chi connectivity index (χ1n) is 22.6. The summed E-state index contributed by atoms with van der Waals surface area (Å²) in [5.74, 6) is 1.84. The minimum atomic E-state index is -0.0717. The molecule has 0 amide bonds. The van der Waals surface area contributed by atoms with E-state index in [1.165, 1.54) is 70.2 Å². The molecule has 63 heavy (non-hydrogen) atoms. The number of benzene rings is 7. The van der Waals surface area contributed by atoms with Crippen LogP contribution >= 0.6 is 11.3 Å². The third kappa shape index (κ3) is 6.95. The summed E-state index contributed by atoms with van der Waals surface area (Å²) >= 11 is 1.90. The third-order valence-electron chi connectivity index (χ3n) is 13.4. The molecule has 7 aromatic carbocycles. The molecule has 0 atom stereocenters. The molecule has 3 nitrogen and oxygen atoms in total. The molecule has 0 saturated carbocycles. The number of fused-ring (bicyclic) bond motifs is 8. The van der Waals surface area contributed by atoms with E-state index in [-0.39, 0.29) is 28.4 Å². The van der Waals surface area contributed by atoms with Gasteiger partial charge in [-0.05, 0) is 127 Å². The maximum absolute atomic E-state index is 6.96. The second-order valence-electron chi connectivity index (χ2n) is 21.9. The lowest BCUT2D eigenvalue weighted by Gasteiger charge is -2.41. The second kappa shape index (κ2) is 14.4. The molecule has 2 aliphatic rings. The Morgan fingerprint density at radius 2 is 1.05 bits per heavy atom. The fourth-order valence-electron chi connectivity index (χ4n) is 9.70. The van der Waals surface area contributed by atoms with Gasteiger partial charge in [0.15, 0.2) is 0 Å². The van der Waals surface area contributed by atoms with E-state index in [9.17, 15) is 0 Å². The van der Waals surface area contributed by atoms with Gasteiger partial charge in [0.25, 0.3) is 6.71 Å². The van der Waals surface area contributed by atoms with Gasteiger partial charge in [0, 0.05) is 38.2 Å². The van der Waals surface area contributed by atoms with Crippen molar-refractivity contribution in [2.24, 2.45) is 0 Å². The molecule has 316 valence electrons. The molecule has 0 radical (unpaired) electrons. The van der Waals surface area contributed by atoms with E-state index >= 15 is 0 Å². The molecule has 0 N–H and O–H groups in total. The molecular formula is C58H59BN2OS. The highest BCUT2D eigenvalue weighted by Crippen LogP contribution is 2.52. The van der Waals surface area contributed by atoms with E-state index in [0.29, 0.717) is 0 Å². The van der Waals surface area contributed by atoms with Crippen LogP contribution in [0.5, 0.6) is 11.5 Å². The first kappa shape index (κ1) is 41.2. The minimum absolute atomic E-state index is 0.0308. The maximum atomic E-state index is 6.96. The van der Waals surface area contributed by atoms with Crippen molar-refractivity contribution in [1.82, 2.24) is 0 Å². The van der Waals surface area contributed by atoms with Gasteiger partial charge >= 0.3 is 0 Å². The normalized spacial score (nSPS) is 13.8. The molecule has 0 unspecified atom stereocenters. The van der Waals surface area contributed by atoms with Crippen LogP contribution in [0.3, 0.4) is 0 Å². The Balaban J connectivity index is 1.34. The minimum Gasteiger partial charge on any atom is -0.458 e. The van der Waals surface area contributed by atoms with Crippen LogP contribution < -0.4 is 30.9 Å². The predicted octanol–water partition coefficient (Wildman–Crippen LogP) is 15.1. The quantitative estimate of drug-likeness (QED) is 0.164. The van der Waals surface area contributed by atoms with Gasteiger partial charge in [-0.25, -0.2) is 0 Å². The van der Waals surface area contributed by atoms with Crippen LogP contribution in [0.2, 0.25) is 0 Å². The lowest BCUT2D eigenvalue weighted by molar-refractivity contribution is 0.486. The van der Waals surface area contributed by atoms with Gasteiger partial charge in [-0.2, -0.15) is 0 Å². The summed E-state index contributed by atoms with van der Waals surface area (Å²) in [5, 5.41) is 2.55. The van der Waals surface area contributed by atoms with E-state index in [4.69, 9.17) is 4.74 Å². The average molecular weight is 843 g/mol. The van der Waals surface area contributed by atoms with Crippen molar-refractivity contribution in [3.05, 3.63) is 162 Å². The van der Waals surface area contributed by atoms with E-state index in [2.05, 4.69) is 232 Å². The average Bonchev–Trinajstić information content (AvgIpc) is 3.63. The Kier molecular flexibility index (Phi) is 9.41. The van der Waals surface area contributed by atoms with E-state index in [1.54, 1.807) is 0 Å². The Hall–Kier alpha value is -5.78. The SMILES string of the molecule is CC(C)(C)c1ccc(N(c2ccc(C(C)(C)C)cc2)c2cc3c(c4c2sc2ccccc24)N(c2ccc(C(C)(C)C)cc2)c2cccc4c2B3c2cc(C(C)(C)C)ccc2O4)cc1. The number of hydrogen-bond acceptors (Lipinski definition) is 4. The number of thiophene rings is 1. The molecule has 0 spiro atoms. The fourth-order valence-corrected chi connectivity index (χ4v) is 10.9. The fraction of sp³-hybridized carbons (Fsp3) is 0.276. The molecule has 10 rings (SSSR count). The van der Waals surface area contributed by atoms with E-state index < -0.39 is 0 Å². The molecule has 0 aliphatic carbocycles.